The first-order valence-corrected chi connectivity index (χ1v) is 18.1. The zero-order valence-corrected chi connectivity index (χ0v) is 28.6. The normalized spacial score (nSPS) is 14.2. The Bertz CT molecular complexity index is 2870. The fraction of sp³-hybridized carbons (Fsp3) is 0. The Balaban J connectivity index is 1.10. The molecule has 10 rings (SSSR count). The number of anilines is 2. The van der Waals surface area contributed by atoms with Gasteiger partial charge in [0.05, 0.1) is 22.4 Å². The van der Waals surface area contributed by atoms with Crippen molar-refractivity contribution in [2.75, 3.05) is 4.90 Å². The lowest BCUT2D eigenvalue weighted by atomic mass is 9.95. The Morgan fingerprint density at radius 1 is 0.471 bits per heavy atom. The van der Waals surface area contributed by atoms with Crippen LogP contribution in [0.3, 0.4) is 0 Å². The van der Waals surface area contributed by atoms with E-state index >= 15 is 0 Å². The second-order valence-electron chi connectivity index (χ2n) is 13.1. The van der Waals surface area contributed by atoms with E-state index in [1.165, 1.54) is 64.4 Å². The monoisotopic (exact) mass is 668 g/mol. The predicted molar refractivity (Wildman–Crippen MR) is 220 cm³/mol. The molecule has 0 unspecified atom stereocenters. The van der Waals surface area contributed by atoms with Gasteiger partial charge in [-0.05, 0) is 94.6 Å². The van der Waals surface area contributed by atoms with Gasteiger partial charge in [0.1, 0.15) is 0 Å². The largest absolute Gasteiger partial charge is 0.317 e. The standard InChI is InChI=1S/C48H32N2S/c1-32-12-9-10-29-49(37-25-21-34(22-26-37)33-13-3-2-4-14-33)42-27-23-35(30-40(32)42)36-24-28-44-41(31-36)38-15-5-7-17-43(38)50(44)45-18-11-20-47-48(45)39-16-6-8-19-46(39)51-47/h2-31H,1H2/b12-9-,29-10-. The average molecular weight is 669 g/mol. The third-order valence-corrected chi connectivity index (χ3v) is 11.3. The summed E-state index contributed by atoms with van der Waals surface area (Å²) in [6.45, 7) is 4.49. The fourth-order valence-corrected chi connectivity index (χ4v) is 8.81. The van der Waals surface area contributed by atoms with Gasteiger partial charge in [-0.2, -0.15) is 0 Å². The summed E-state index contributed by atoms with van der Waals surface area (Å²) in [7, 11) is 0. The summed E-state index contributed by atoms with van der Waals surface area (Å²) in [6, 6.07) is 57.3. The fourth-order valence-electron chi connectivity index (χ4n) is 7.68. The van der Waals surface area contributed by atoms with Gasteiger partial charge in [-0.15, -0.1) is 11.3 Å². The van der Waals surface area contributed by atoms with Crippen LogP contribution in [0.1, 0.15) is 5.56 Å². The van der Waals surface area contributed by atoms with Crippen LogP contribution in [0, 0.1) is 0 Å². The van der Waals surface area contributed by atoms with Crippen LogP contribution in [0.5, 0.6) is 0 Å². The highest BCUT2D eigenvalue weighted by molar-refractivity contribution is 7.25. The van der Waals surface area contributed by atoms with Crippen LogP contribution in [0.25, 0.3) is 75.5 Å². The molecule has 0 atom stereocenters. The van der Waals surface area contributed by atoms with E-state index in [-0.39, 0.29) is 0 Å². The van der Waals surface area contributed by atoms with Gasteiger partial charge in [0.15, 0.2) is 0 Å². The van der Waals surface area contributed by atoms with Gasteiger partial charge in [0.25, 0.3) is 0 Å². The number of hydrogen-bond acceptors (Lipinski definition) is 2. The summed E-state index contributed by atoms with van der Waals surface area (Å²) in [4.78, 5) is 2.26. The van der Waals surface area contributed by atoms with E-state index in [0.717, 1.165) is 28.1 Å². The lowest BCUT2D eigenvalue weighted by Gasteiger charge is -2.26. The number of rotatable bonds is 4. The van der Waals surface area contributed by atoms with Gasteiger partial charge in [0.2, 0.25) is 0 Å². The molecule has 0 radical (unpaired) electrons. The number of thiophene rings is 1. The maximum Gasteiger partial charge on any atom is 0.0555 e. The molecular weight excluding hydrogens is 637 g/mol. The zero-order chi connectivity index (χ0) is 33.9. The molecule has 3 heterocycles. The summed E-state index contributed by atoms with van der Waals surface area (Å²) in [5, 5.41) is 5.11. The molecule has 7 aromatic carbocycles. The molecule has 2 aromatic heterocycles. The third kappa shape index (κ3) is 4.85. The van der Waals surface area contributed by atoms with Crippen molar-refractivity contribution in [2.45, 2.75) is 0 Å². The number of allylic oxidation sites excluding steroid dienone is 4. The molecule has 3 heteroatoms. The average Bonchev–Trinajstić information content (AvgIpc) is 3.73. The number of benzene rings is 7. The highest BCUT2D eigenvalue weighted by Crippen LogP contribution is 2.43. The number of nitrogens with zero attached hydrogens (tertiary/aromatic N) is 2. The minimum Gasteiger partial charge on any atom is -0.317 e. The summed E-state index contributed by atoms with van der Waals surface area (Å²) >= 11 is 1.86. The summed E-state index contributed by atoms with van der Waals surface area (Å²) in [6.07, 6.45) is 8.38. The van der Waals surface area contributed by atoms with Gasteiger partial charge in [-0.3, -0.25) is 0 Å². The van der Waals surface area contributed by atoms with E-state index in [9.17, 15) is 0 Å². The smallest absolute Gasteiger partial charge is 0.0555 e. The minimum atomic E-state index is 0.982. The molecule has 0 saturated carbocycles. The SMILES string of the molecule is C=C1/C=C\C=C/N(c2ccc(-c3ccccc3)cc2)c2ccc(-c3ccc4c(c3)c3ccccc3n4-c3cccc4sc5ccccc5c34)cc21. The van der Waals surface area contributed by atoms with Crippen LogP contribution in [0.4, 0.5) is 11.4 Å². The van der Waals surface area contributed by atoms with E-state index in [0.29, 0.717) is 0 Å². The summed E-state index contributed by atoms with van der Waals surface area (Å²) in [5.74, 6) is 0. The first kappa shape index (κ1) is 29.5. The van der Waals surface area contributed by atoms with Crippen molar-refractivity contribution in [3.05, 3.63) is 194 Å². The third-order valence-electron chi connectivity index (χ3n) is 10.1. The Kier molecular flexibility index (Phi) is 6.87. The Labute approximate surface area is 300 Å². The molecule has 0 amide bonds. The van der Waals surface area contributed by atoms with Crippen LogP contribution >= 0.6 is 11.3 Å². The van der Waals surface area contributed by atoms with E-state index in [2.05, 4.69) is 198 Å². The first-order chi connectivity index (χ1) is 25.2. The molecule has 0 fully saturated rings. The van der Waals surface area contributed by atoms with Crippen molar-refractivity contribution < 1.29 is 0 Å². The lowest BCUT2D eigenvalue weighted by Crippen LogP contribution is -2.11. The molecule has 0 saturated heterocycles. The van der Waals surface area contributed by atoms with Crippen molar-refractivity contribution >= 4 is 70.3 Å². The molecule has 240 valence electrons. The van der Waals surface area contributed by atoms with Crippen molar-refractivity contribution in [1.29, 1.82) is 0 Å². The van der Waals surface area contributed by atoms with Crippen LogP contribution in [0.15, 0.2) is 189 Å². The van der Waals surface area contributed by atoms with Crippen molar-refractivity contribution in [3.63, 3.8) is 0 Å². The molecule has 0 aliphatic carbocycles. The van der Waals surface area contributed by atoms with Gasteiger partial charge >= 0.3 is 0 Å². The number of para-hydroxylation sites is 1. The van der Waals surface area contributed by atoms with E-state index in [4.69, 9.17) is 0 Å². The van der Waals surface area contributed by atoms with Gasteiger partial charge in [0, 0.05) is 48.4 Å². The maximum absolute atomic E-state index is 4.49. The number of aromatic nitrogens is 1. The molecule has 0 spiro atoms. The van der Waals surface area contributed by atoms with E-state index in [1.54, 1.807) is 0 Å². The topological polar surface area (TPSA) is 8.17 Å². The first-order valence-electron chi connectivity index (χ1n) is 17.3. The zero-order valence-electron chi connectivity index (χ0n) is 27.8. The van der Waals surface area contributed by atoms with Crippen molar-refractivity contribution in [2.24, 2.45) is 0 Å². The van der Waals surface area contributed by atoms with Crippen molar-refractivity contribution in [1.82, 2.24) is 4.57 Å². The molecule has 51 heavy (non-hydrogen) atoms. The van der Waals surface area contributed by atoms with Crippen LogP contribution in [-0.4, -0.2) is 4.57 Å². The summed E-state index contributed by atoms with van der Waals surface area (Å²) < 4.78 is 5.08. The highest BCUT2D eigenvalue weighted by Gasteiger charge is 2.19. The molecule has 0 N–H and O–H groups in total. The minimum absolute atomic E-state index is 0.982. The molecule has 9 aromatic rings. The maximum atomic E-state index is 4.49. The quantitative estimate of drug-likeness (QED) is 0.181. The molecule has 0 bridgehead atoms. The van der Waals surface area contributed by atoms with Crippen molar-refractivity contribution in [3.8, 4) is 27.9 Å². The second-order valence-corrected chi connectivity index (χ2v) is 14.2. The Morgan fingerprint density at radius 3 is 2.04 bits per heavy atom. The predicted octanol–water partition coefficient (Wildman–Crippen LogP) is 13.7. The lowest BCUT2D eigenvalue weighted by molar-refractivity contribution is 1.20. The Hall–Kier alpha value is -6.42. The second kappa shape index (κ2) is 11.9. The molecule has 2 nitrogen and oxygen atoms in total. The molecular formula is C48H32N2S. The highest BCUT2D eigenvalue weighted by atomic mass is 32.1. The van der Waals surface area contributed by atoms with Crippen LogP contribution in [-0.2, 0) is 0 Å². The Morgan fingerprint density at radius 2 is 1.16 bits per heavy atom. The van der Waals surface area contributed by atoms with E-state index in [1.807, 2.05) is 11.3 Å². The van der Waals surface area contributed by atoms with Gasteiger partial charge in [-0.1, -0.05) is 116 Å². The molecule has 1 aliphatic heterocycles. The van der Waals surface area contributed by atoms with E-state index < -0.39 is 0 Å². The van der Waals surface area contributed by atoms with Crippen LogP contribution in [0.2, 0.25) is 0 Å². The van der Waals surface area contributed by atoms with Gasteiger partial charge in [-0.25, -0.2) is 0 Å². The summed E-state index contributed by atoms with van der Waals surface area (Å²) in [5.41, 5.74) is 12.7. The number of fused-ring (bicyclic) bond motifs is 7. The van der Waals surface area contributed by atoms with Crippen LogP contribution < -0.4 is 4.90 Å². The molecule has 1 aliphatic rings. The van der Waals surface area contributed by atoms with Gasteiger partial charge < -0.3 is 9.47 Å². The number of hydrogen-bond donors (Lipinski definition) is 0.